The third-order valence-electron chi connectivity index (χ3n) is 1.29. The van der Waals surface area contributed by atoms with Gasteiger partial charge in [0.1, 0.15) is 0 Å². The summed E-state index contributed by atoms with van der Waals surface area (Å²) in [6.45, 7) is 2.20. The molecule has 0 bridgehead atoms. The molecule has 64 valence electrons. The predicted molar refractivity (Wildman–Crippen MR) is 35.4 cm³/mol. The topological polar surface area (TPSA) is 0 Å². The Hall–Kier alpha value is 0.210. The summed E-state index contributed by atoms with van der Waals surface area (Å²) >= 11 is 0. The van der Waals surface area contributed by atoms with Gasteiger partial charge in [-0.05, 0) is 0 Å². The molecule has 0 unspecified atom stereocenters. The van der Waals surface area contributed by atoms with Crippen LogP contribution in [0.4, 0.5) is 0 Å². The molecule has 0 saturated carbocycles. The molecule has 0 heterocycles. The van der Waals surface area contributed by atoms with Crippen LogP contribution in [0.2, 0.25) is 0 Å². The number of rotatable bonds is 2. The first kappa shape index (κ1) is 17.3. The van der Waals surface area contributed by atoms with Gasteiger partial charge in [0.25, 0.3) is 0 Å². The van der Waals surface area contributed by atoms with Crippen LogP contribution in [0.15, 0.2) is 17.7 Å². The number of hydrogen-bond donors (Lipinski definition) is 0. The van der Waals surface area contributed by atoms with Crippen LogP contribution in [0.1, 0.15) is 26.2 Å². The second-order valence-corrected chi connectivity index (χ2v) is 2.06. The summed E-state index contributed by atoms with van der Waals surface area (Å²) in [4.78, 5) is 0. The van der Waals surface area contributed by atoms with Crippen molar-refractivity contribution >= 4 is 0 Å². The molecule has 11 heavy (non-hydrogen) atoms. The van der Waals surface area contributed by atoms with E-state index in [-0.39, 0.29) is 35.3 Å². The van der Waals surface area contributed by atoms with E-state index in [1.54, 1.807) is 0 Å². The van der Waals surface area contributed by atoms with Crippen molar-refractivity contribution < 1.29 is 35.3 Å². The summed E-state index contributed by atoms with van der Waals surface area (Å²) in [5, 5.41) is 0. The Morgan fingerprint density at radius 3 is 2.45 bits per heavy atom. The minimum absolute atomic E-state index is 0. The third-order valence-corrected chi connectivity index (χ3v) is 1.29. The summed E-state index contributed by atoms with van der Waals surface area (Å²) in [7, 11) is 0. The fourth-order valence-electron chi connectivity index (χ4n) is 0.891. The molecule has 0 nitrogen and oxygen atoms in total. The van der Waals surface area contributed by atoms with Crippen LogP contribution in [0.25, 0.3) is 0 Å². The Balaban J connectivity index is -0.000000213. The Labute approximate surface area is 85.3 Å². The van der Waals surface area contributed by atoms with Crippen LogP contribution in [-0.4, -0.2) is 0 Å². The Morgan fingerprint density at radius 2 is 2.09 bits per heavy atom. The van der Waals surface area contributed by atoms with E-state index in [4.69, 9.17) is 0 Å². The van der Waals surface area contributed by atoms with Gasteiger partial charge >= 0.3 is 0 Å². The summed E-state index contributed by atoms with van der Waals surface area (Å²) < 4.78 is 0. The van der Waals surface area contributed by atoms with Crippen LogP contribution in [0, 0.1) is 6.08 Å². The molecule has 0 aromatic heterocycles. The molecule has 0 atom stereocenters. The van der Waals surface area contributed by atoms with Crippen LogP contribution >= 0.6 is 0 Å². The predicted octanol–water partition coefficient (Wildman–Crippen LogP) is -3.52. The number of hydrogen-bond acceptors (Lipinski definition) is 0. The van der Waals surface area contributed by atoms with Crippen molar-refractivity contribution in [1.82, 2.24) is 0 Å². The van der Waals surface area contributed by atoms with E-state index in [0.29, 0.717) is 0 Å². The fourth-order valence-corrected chi connectivity index (χ4v) is 0.891. The maximum Gasteiger partial charge on any atom is 0 e. The Kier molecular flexibility index (Phi) is 16.1. The molecule has 0 amide bonds. The van der Waals surface area contributed by atoms with E-state index in [1.807, 2.05) is 0 Å². The molecule has 0 aromatic rings. The van der Waals surface area contributed by atoms with Crippen LogP contribution in [0.3, 0.4) is 0 Å². The van der Waals surface area contributed by atoms with Gasteiger partial charge in [-0.15, -0.1) is 6.42 Å². The molecule has 0 spiro atoms. The normalized spacial score (nSPS) is 12.3. The SMILES string of the molecule is CCCC1=[C-]CC=C1.[F-].[F-].[Hf]. The van der Waals surface area contributed by atoms with Gasteiger partial charge in [0.15, 0.2) is 0 Å². The van der Waals surface area contributed by atoms with Crippen molar-refractivity contribution in [1.29, 1.82) is 0 Å². The van der Waals surface area contributed by atoms with Crippen LogP contribution < -0.4 is 9.41 Å². The third kappa shape index (κ3) is 6.60. The van der Waals surface area contributed by atoms with Crippen molar-refractivity contribution in [2.45, 2.75) is 26.2 Å². The smallest absolute Gasteiger partial charge is 0 e. The Morgan fingerprint density at radius 1 is 1.45 bits per heavy atom. The maximum atomic E-state index is 3.26. The van der Waals surface area contributed by atoms with Crippen molar-refractivity contribution in [2.75, 3.05) is 0 Å². The van der Waals surface area contributed by atoms with E-state index in [1.165, 1.54) is 18.4 Å². The second-order valence-electron chi connectivity index (χ2n) is 2.06. The van der Waals surface area contributed by atoms with Gasteiger partial charge in [-0.3, -0.25) is 6.08 Å². The van der Waals surface area contributed by atoms with Crippen molar-refractivity contribution in [3.8, 4) is 0 Å². The van der Waals surface area contributed by atoms with E-state index in [2.05, 4.69) is 25.2 Å². The molecule has 0 radical (unpaired) electrons. The molecule has 3 heteroatoms. The number of allylic oxidation sites excluding steroid dienone is 4. The Bertz CT molecular complexity index is 130. The molecule has 0 fully saturated rings. The van der Waals surface area contributed by atoms with Crippen molar-refractivity contribution in [3.63, 3.8) is 0 Å². The first-order chi connectivity index (χ1) is 3.93. The first-order valence-corrected chi connectivity index (χ1v) is 3.19. The minimum Gasteiger partial charge on any atom is -1.00 e. The first-order valence-electron chi connectivity index (χ1n) is 3.19. The van der Waals surface area contributed by atoms with Crippen molar-refractivity contribution in [3.05, 3.63) is 23.8 Å². The zero-order chi connectivity index (χ0) is 5.82. The maximum absolute atomic E-state index is 3.26. The minimum atomic E-state index is 0. The summed E-state index contributed by atoms with van der Waals surface area (Å²) in [6.07, 6.45) is 11.1. The van der Waals surface area contributed by atoms with E-state index in [9.17, 15) is 0 Å². The van der Waals surface area contributed by atoms with Gasteiger partial charge in [0.2, 0.25) is 0 Å². The largest absolute Gasteiger partial charge is 1.00 e. The zero-order valence-electron chi connectivity index (χ0n) is 6.53. The van der Waals surface area contributed by atoms with Crippen molar-refractivity contribution in [2.24, 2.45) is 0 Å². The van der Waals surface area contributed by atoms with Gasteiger partial charge in [-0.2, -0.15) is 6.08 Å². The quantitative estimate of drug-likeness (QED) is 0.365. The van der Waals surface area contributed by atoms with Crippen LogP contribution in [0.5, 0.6) is 0 Å². The standard InChI is InChI=1S/C8H11.2FH.Hf/c1-2-5-8-6-3-4-7-8;;;/h3,6H,2,4-5H2,1H3;2*1H;/q-1;;;/p-2. The molecule has 1 aliphatic rings. The molecule has 0 aliphatic heterocycles. The molecular weight excluding hydrogens is 313 g/mol. The summed E-state index contributed by atoms with van der Waals surface area (Å²) in [5.41, 5.74) is 1.40. The molecule has 0 N–H and O–H groups in total. The zero-order valence-corrected chi connectivity index (χ0v) is 10.1. The molecule has 1 aliphatic carbocycles. The van der Waals surface area contributed by atoms with Gasteiger partial charge in [-0.25, -0.2) is 11.6 Å². The van der Waals surface area contributed by atoms with Gasteiger partial charge in [0.05, 0.1) is 0 Å². The van der Waals surface area contributed by atoms with Gasteiger partial charge < -0.3 is 9.41 Å². The second kappa shape index (κ2) is 10.2. The number of halogens is 2. The fraction of sp³-hybridized carbons (Fsp3) is 0.500. The monoisotopic (exact) mass is 325 g/mol. The average Bonchev–Trinajstić information content (AvgIpc) is 2.19. The van der Waals surface area contributed by atoms with E-state index >= 15 is 0 Å². The van der Waals surface area contributed by atoms with E-state index < -0.39 is 0 Å². The average molecular weight is 324 g/mol. The molecular formula is C8H11F2Hf-3. The molecule has 0 saturated heterocycles. The molecule has 1 rings (SSSR count). The van der Waals surface area contributed by atoms with Gasteiger partial charge in [0, 0.05) is 25.8 Å². The van der Waals surface area contributed by atoms with Crippen LogP contribution in [-0.2, 0) is 25.8 Å². The summed E-state index contributed by atoms with van der Waals surface area (Å²) in [5.74, 6) is 0. The van der Waals surface area contributed by atoms with Gasteiger partial charge in [-0.1, -0.05) is 19.8 Å². The van der Waals surface area contributed by atoms with E-state index in [0.717, 1.165) is 6.42 Å². The molecule has 0 aromatic carbocycles. The summed E-state index contributed by atoms with van der Waals surface area (Å²) in [6, 6.07) is 0.